The van der Waals surface area contributed by atoms with Crippen molar-refractivity contribution < 1.29 is 0 Å². The van der Waals surface area contributed by atoms with Crippen molar-refractivity contribution >= 4 is 0 Å². The predicted molar refractivity (Wildman–Crippen MR) is 72.7 cm³/mol. The zero-order valence-corrected chi connectivity index (χ0v) is 11.7. The minimum atomic E-state index is 0.408. The molecule has 0 aromatic rings. The smallest absolute Gasteiger partial charge is 0.00231 e. The van der Waals surface area contributed by atoms with Crippen molar-refractivity contribution in [2.24, 2.45) is 34.3 Å². The van der Waals surface area contributed by atoms with Crippen LogP contribution >= 0.6 is 0 Å². The monoisotopic (exact) mass is 235 g/mol. The fourth-order valence-electron chi connectivity index (χ4n) is 5.75. The maximum Gasteiger partial charge on any atom is -0.00231 e. The second-order valence-electron chi connectivity index (χ2n) is 7.96. The number of nitrogens with two attached hydrogens (primary N) is 1. The van der Waals surface area contributed by atoms with Gasteiger partial charge in [0.15, 0.2) is 0 Å². The van der Waals surface area contributed by atoms with Gasteiger partial charge in [-0.2, -0.15) is 0 Å². The Labute approximate surface area is 107 Å². The van der Waals surface area contributed by atoms with Gasteiger partial charge in [0.25, 0.3) is 0 Å². The first kappa shape index (κ1) is 12.0. The highest BCUT2D eigenvalue weighted by molar-refractivity contribution is 5.03. The van der Waals surface area contributed by atoms with Crippen LogP contribution in [-0.4, -0.2) is 6.54 Å². The molecule has 4 fully saturated rings. The van der Waals surface area contributed by atoms with Gasteiger partial charge in [0, 0.05) is 0 Å². The summed E-state index contributed by atoms with van der Waals surface area (Å²) >= 11 is 0. The molecule has 0 radical (unpaired) electrons. The van der Waals surface area contributed by atoms with E-state index in [0.717, 1.165) is 24.3 Å². The first-order valence-corrected chi connectivity index (χ1v) is 7.76. The van der Waals surface area contributed by atoms with Crippen LogP contribution in [0.25, 0.3) is 0 Å². The summed E-state index contributed by atoms with van der Waals surface area (Å²) in [5, 5.41) is 0. The molecular formula is C16H29N. The van der Waals surface area contributed by atoms with Crippen LogP contribution in [-0.2, 0) is 0 Å². The molecular weight excluding hydrogens is 206 g/mol. The Hall–Kier alpha value is -0.0400. The van der Waals surface area contributed by atoms with Crippen molar-refractivity contribution in [2.75, 3.05) is 6.54 Å². The molecule has 98 valence electrons. The standard InChI is InChI=1S/C16H29N/c1-3-15(2,11-17)10-16-7-12-4-13(8-16)6-14(5-12)9-16/h12-14H,3-11,17H2,1-2H3. The highest BCUT2D eigenvalue weighted by Crippen LogP contribution is 2.63. The second kappa shape index (κ2) is 3.98. The molecule has 1 unspecified atom stereocenters. The lowest BCUT2D eigenvalue weighted by Crippen LogP contribution is -2.48. The average Bonchev–Trinajstić information content (AvgIpc) is 2.26. The second-order valence-corrected chi connectivity index (χ2v) is 7.96. The molecule has 0 aromatic heterocycles. The molecule has 4 saturated carbocycles. The minimum Gasteiger partial charge on any atom is -0.330 e. The zero-order valence-electron chi connectivity index (χ0n) is 11.7. The Morgan fingerprint density at radius 3 is 1.88 bits per heavy atom. The third-order valence-electron chi connectivity index (χ3n) is 6.31. The van der Waals surface area contributed by atoms with Crippen molar-refractivity contribution in [2.45, 2.75) is 65.2 Å². The van der Waals surface area contributed by atoms with Gasteiger partial charge < -0.3 is 5.73 Å². The fraction of sp³-hybridized carbons (Fsp3) is 1.00. The van der Waals surface area contributed by atoms with E-state index in [2.05, 4.69) is 13.8 Å². The van der Waals surface area contributed by atoms with E-state index in [1.807, 2.05) is 0 Å². The Bertz CT molecular complexity index is 255. The van der Waals surface area contributed by atoms with E-state index in [1.165, 1.54) is 32.1 Å². The van der Waals surface area contributed by atoms with E-state index in [0.29, 0.717) is 10.8 Å². The lowest BCUT2D eigenvalue weighted by Gasteiger charge is -2.59. The van der Waals surface area contributed by atoms with Crippen LogP contribution in [0.1, 0.15) is 65.2 Å². The van der Waals surface area contributed by atoms with Gasteiger partial charge in [0.05, 0.1) is 0 Å². The molecule has 1 heteroatoms. The summed E-state index contributed by atoms with van der Waals surface area (Å²) in [6.45, 7) is 5.63. The Morgan fingerprint density at radius 1 is 1.06 bits per heavy atom. The van der Waals surface area contributed by atoms with E-state index < -0.39 is 0 Å². The minimum absolute atomic E-state index is 0.408. The highest BCUT2D eigenvalue weighted by atomic mass is 14.6. The molecule has 0 spiro atoms. The molecule has 4 aliphatic rings. The molecule has 1 atom stereocenters. The Balaban J connectivity index is 1.78. The molecule has 0 aromatic carbocycles. The number of rotatable bonds is 4. The van der Waals surface area contributed by atoms with Gasteiger partial charge in [0.1, 0.15) is 0 Å². The molecule has 17 heavy (non-hydrogen) atoms. The molecule has 1 nitrogen and oxygen atoms in total. The third kappa shape index (κ3) is 2.05. The summed E-state index contributed by atoms with van der Waals surface area (Å²) in [6, 6.07) is 0. The van der Waals surface area contributed by atoms with Crippen LogP contribution in [0.4, 0.5) is 0 Å². The van der Waals surface area contributed by atoms with Crippen molar-refractivity contribution in [3.05, 3.63) is 0 Å². The van der Waals surface area contributed by atoms with E-state index in [4.69, 9.17) is 5.73 Å². The third-order valence-corrected chi connectivity index (χ3v) is 6.31. The van der Waals surface area contributed by atoms with Crippen LogP contribution < -0.4 is 5.73 Å². The van der Waals surface area contributed by atoms with Crippen LogP contribution in [0.5, 0.6) is 0 Å². The first-order chi connectivity index (χ1) is 8.06. The lowest BCUT2D eigenvalue weighted by atomic mass is 9.47. The van der Waals surface area contributed by atoms with Crippen LogP contribution in [0.15, 0.2) is 0 Å². The van der Waals surface area contributed by atoms with E-state index in [9.17, 15) is 0 Å². The van der Waals surface area contributed by atoms with Crippen molar-refractivity contribution in [3.8, 4) is 0 Å². The fourth-order valence-corrected chi connectivity index (χ4v) is 5.75. The summed E-state index contributed by atoms with van der Waals surface area (Å²) in [5.41, 5.74) is 7.16. The van der Waals surface area contributed by atoms with Gasteiger partial charge in [-0.15, -0.1) is 0 Å². The summed E-state index contributed by atoms with van der Waals surface area (Å²) in [7, 11) is 0. The van der Waals surface area contributed by atoms with Crippen molar-refractivity contribution in [3.63, 3.8) is 0 Å². The molecule has 0 saturated heterocycles. The maximum atomic E-state index is 6.05. The molecule has 0 heterocycles. The Kier molecular flexibility index (Phi) is 2.81. The van der Waals surface area contributed by atoms with Crippen molar-refractivity contribution in [1.29, 1.82) is 0 Å². The van der Waals surface area contributed by atoms with Gasteiger partial charge in [-0.05, 0) is 86.5 Å². The topological polar surface area (TPSA) is 26.0 Å². The number of hydrogen-bond acceptors (Lipinski definition) is 1. The molecule has 4 bridgehead atoms. The summed E-state index contributed by atoms with van der Waals surface area (Å²) < 4.78 is 0. The first-order valence-electron chi connectivity index (χ1n) is 7.76. The van der Waals surface area contributed by atoms with Crippen LogP contribution in [0, 0.1) is 28.6 Å². The van der Waals surface area contributed by atoms with Crippen LogP contribution in [0.3, 0.4) is 0 Å². The molecule has 0 amide bonds. The van der Waals surface area contributed by atoms with E-state index in [-0.39, 0.29) is 0 Å². The van der Waals surface area contributed by atoms with E-state index in [1.54, 1.807) is 19.3 Å². The molecule has 4 rings (SSSR count). The van der Waals surface area contributed by atoms with Gasteiger partial charge in [-0.25, -0.2) is 0 Å². The van der Waals surface area contributed by atoms with Crippen LogP contribution in [0.2, 0.25) is 0 Å². The molecule has 2 N–H and O–H groups in total. The molecule has 0 aliphatic heterocycles. The maximum absolute atomic E-state index is 6.05. The SMILES string of the molecule is CCC(C)(CN)CC12CC3CC(CC(C3)C1)C2. The van der Waals surface area contributed by atoms with Crippen molar-refractivity contribution in [1.82, 2.24) is 0 Å². The van der Waals surface area contributed by atoms with Gasteiger partial charge >= 0.3 is 0 Å². The van der Waals surface area contributed by atoms with Gasteiger partial charge in [-0.1, -0.05) is 13.8 Å². The normalized spacial score (nSPS) is 47.1. The van der Waals surface area contributed by atoms with E-state index >= 15 is 0 Å². The number of hydrogen-bond donors (Lipinski definition) is 1. The summed E-state index contributed by atoms with van der Waals surface area (Å²) in [4.78, 5) is 0. The van der Waals surface area contributed by atoms with Gasteiger partial charge in [-0.3, -0.25) is 0 Å². The highest BCUT2D eigenvalue weighted by Gasteiger charge is 2.52. The largest absolute Gasteiger partial charge is 0.330 e. The summed E-state index contributed by atoms with van der Waals surface area (Å²) in [6.07, 6.45) is 12.0. The molecule has 4 aliphatic carbocycles. The predicted octanol–water partition coefficient (Wildman–Crippen LogP) is 3.97. The van der Waals surface area contributed by atoms with Gasteiger partial charge in [0.2, 0.25) is 0 Å². The Morgan fingerprint density at radius 2 is 1.53 bits per heavy atom. The quantitative estimate of drug-likeness (QED) is 0.784. The lowest BCUT2D eigenvalue weighted by molar-refractivity contribution is -0.0757. The summed E-state index contributed by atoms with van der Waals surface area (Å²) in [5.74, 6) is 3.25. The zero-order chi connectivity index (χ0) is 12.1. The average molecular weight is 235 g/mol.